The molecule has 1 aromatic carbocycles. The van der Waals surface area contributed by atoms with Crippen LogP contribution < -0.4 is 11.1 Å². The molecule has 2 atom stereocenters. The molecule has 0 bridgehead atoms. The molecular weight excluding hydrogens is 446 g/mol. The van der Waals surface area contributed by atoms with Crippen LogP contribution in [0.5, 0.6) is 0 Å². The molecule has 1 aliphatic rings. The summed E-state index contributed by atoms with van der Waals surface area (Å²) in [6.07, 6.45) is 0.476. The molecular formula is C22H29N5O5S. The monoisotopic (exact) mass is 475 g/mol. The minimum Gasteiger partial charge on any atom is -0.375 e. The van der Waals surface area contributed by atoms with E-state index in [1.165, 1.54) is 19.2 Å². The Morgan fingerprint density at radius 3 is 2.67 bits per heavy atom. The summed E-state index contributed by atoms with van der Waals surface area (Å²) in [6, 6.07) is 9.82. The Kier molecular flexibility index (Phi) is 8.89. The molecule has 0 saturated carbocycles. The first-order valence-electron chi connectivity index (χ1n) is 10.7. The van der Waals surface area contributed by atoms with Crippen LogP contribution in [0.15, 0.2) is 41.8 Å². The molecule has 0 spiro atoms. The number of nitrogens with zero attached hydrogens (tertiary/aromatic N) is 3. The van der Waals surface area contributed by atoms with Gasteiger partial charge in [0.2, 0.25) is 11.8 Å². The van der Waals surface area contributed by atoms with Crippen LogP contribution in [0.4, 0.5) is 5.69 Å². The van der Waals surface area contributed by atoms with Gasteiger partial charge in [0.25, 0.3) is 5.69 Å². The van der Waals surface area contributed by atoms with Crippen molar-refractivity contribution >= 4 is 28.8 Å². The Labute approximate surface area is 196 Å². The molecule has 1 saturated heterocycles. The third-order valence-corrected chi connectivity index (χ3v) is 6.46. The Balaban J connectivity index is 1.82. The molecule has 11 heteroatoms. The lowest BCUT2D eigenvalue weighted by atomic mass is 10.1. The number of hydrogen-bond donors (Lipinski definition) is 2. The maximum atomic E-state index is 12.8. The first-order valence-corrected chi connectivity index (χ1v) is 11.6. The SMILES string of the molecule is COCC(=O)N1CC(N(Cc2ccc([N+](=O)[O-])cc2)Cc2cccs2)CC1C(=O)NCCN. The average molecular weight is 476 g/mol. The van der Waals surface area contributed by atoms with Gasteiger partial charge in [0.1, 0.15) is 12.6 Å². The fraction of sp³-hybridized carbons (Fsp3) is 0.455. The van der Waals surface area contributed by atoms with Crippen LogP contribution in [0.1, 0.15) is 16.9 Å². The normalized spacial score (nSPS) is 18.0. The topological polar surface area (TPSA) is 131 Å². The highest BCUT2D eigenvalue weighted by Gasteiger charge is 2.41. The molecule has 2 amide bonds. The maximum Gasteiger partial charge on any atom is 0.269 e. The highest BCUT2D eigenvalue weighted by molar-refractivity contribution is 7.09. The number of amides is 2. The molecule has 2 unspecified atom stereocenters. The standard InChI is InChI=1S/C22H29N5O5S/c1-32-15-21(28)26-13-18(11-20(26)22(29)24-9-8-23)25(14-19-3-2-10-33-19)12-16-4-6-17(7-5-16)27(30)31/h2-7,10,18,20H,8-9,11-15,23H2,1H3,(H,24,29). The molecule has 33 heavy (non-hydrogen) atoms. The molecule has 3 rings (SSSR count). The fourth-order valence-electron chi connectivity index (χ4n) is 4.00. The first-order chi connectivity index (χ1) is 15.9. The zero-order valence-corrected chi connectivity index (χ0v) is 19.3. The Bertz CT molecular complexity index is 937. The van der Waals surface area contributed by atoms with Crippen LogP contribution >= 0.6 is 11.3 Å². The smallest absolute Gasteiger partial charge is 0.269 e. The van der Waals surface area contributed by atoms with Gasteiger partial charge < -0.3 is 20.7 Å². The molecule has 2 aromatic rings. The third-order valence-electron chi connectivity index (χ3n) is 5.60. The number of nitrogens with two attached hydrogens (primary N) is 1. The van der Waals surface area contributed by atoms with Gasteiger partial charge in [-0.2, -0.15) is 0 Å². The van der Waals surface area contributed by atoms with Crippen molar-refractivity contribution in [3.63, 3.8) is 0 Å². The van der Waals surface area contributed by atoms with Gasteiger partial charge in [0.15, 0.2) is 0 Å². The minimum atomic E-state index is -0.605. The van der Waals surface area contributed by atoms with Crippen LogP contribution in [0.25, 0.3) is 0 Å². The van der Waals surface area contributed by atoms with E-state index in [1.807, 2.05) is 17.5 Å². The number of rotatable bonds is 11. The number of hydrogen-bond acceptors (Lipinski definition) is 8. The lowest BCUT2D eigenvalue weighted by molar-refractivity contribution is -0.384. The van der Waals surface area contributed by atoms with Crippen LogP contribution in [-0.4, -0.2) is 72.0 Å². The van der Waals surface area contributed by atoms with Gasteiger partial charge in [-0.1, -0.05) is 18.2 Å². The number of nitrogens with one attached hydrogen (secondary N) is 1. The molecule has 2 heterocycles. The number of nitro groups is 1. The summed E-state index contributed by atoms with van der Waals surface area (Å²) >= 11 is 1.64. The van der Waals surface area contributed by atoms with Gasteiger partial charge in [-0.05, 0) is 23.4 Å². The van der Waals surface area contributed by atoms with Gasteiger partial charge in [-0.25, -0.2) is 0 Å². The van der Waals surface area contributed by atoms with E-state index in [0.717, 1.165) is 10.4 Å². The second kappa shape index (κ2) is 11.8. The van der Waals surface area contributed by atoms with Gasteiger partial charge in [0.05, 0.1) is 4.92 Å². The number of non-ortho nitro benzene ring substituents is 1. The molecule has 1 aromatic heterocycles. The van der Waals surface area contributed by atoms with Crippen molar-refractivity contribution in [3.8, 4) is 0 Å². The van der Waals surface area contributed by atoms with Crippen LogP contribution in [0, 0.1) is 10.1 Å². The van der Waals surface area contributed by atoms with Crippen LogP contribution in [-0.2, 0) is 27.4 Å². The van der Waals surface area contributed by atoms with Crippen LogP contribution in [0.3, 0.4) is 0 Å². The van der Waals surface area contributed by atoms with Gasteiger partial charge in [-0.3, -0.25) is 24.6 Å². The molecule has 1 fully saturated rings. The molecule has 10 nitrogen and oxygen atoms in total. The number of carbonyl (C=O) groups is 2. The third kappa shape index (κ3) is 6.57. The number of methoxy groups -OCH3 is 1. The lowest BCUT2D eigenvalue weighted by Gasteiger charge is -2.28. The summed E-state index contributed by atoms with van der Waals surface area (Å²) in [6.45, 7) is 2.13. The van der Waals surface area contributed by atoms with E-state index in [0.29, 0.717) is 39.1 Å². The van der Waals surface area contributed by atoms with Crippen LogP contribution in [0.2, 0.25) is 0 Å². The fourth-order valence-corrected chi connectivity index (χ4v) is 4.73. The summed E-state index contributed by atoms with van der Waals surface area (Å²) in [5.74, 6) is -0.460. The van der Waals surface area contributed by atoms with E-state index in [9.17, 15) is 19.7 Å². The predicted molar refractivity (Wildman–Crippen MR) is 125 cm³/mol. The summed E-state index contributed by atoms with van der Waals surface area (Å²) in [5, 5.41) is 15.8. The number of nitro benzene ring substituents is 1. The summed E-state index contributed by atoms with van der Waals surface area (Å²) < 4.78 is 5.02. The molecule has 0 radical (unpaired) electrons. The van der Waals surface area contributed by atoms with E-state index >= 15 is 0 Å². The van der Waals surface area contributed by atoms with Gasteiger partial charge in [-0.15, -0.1) is 11.3 Å². The maximum absolute atomic E-state index is 12.8. The quantitative estimate of drug-likeness (QED) is 0.370. The van der Waals surface area contributed by atoms with E-state index < -0.39 is 11.0 Å². The zero-order valence-electron chi connectivity index (χ0n) is 18.5. The Morgan fingerprint density at radius 2 is 2.06 bits per heavy atom. The van der Waals surface area contributed by atoms with E-state index in [2.05, 4.69) is 10.2 Å². The van der Waals surface area contributed by atoms with E-state index in [4.69, 9.17) is 10.5 Å². The predicted octanol–water partition coefficient (Wildman–Crippen LogP) is 1.35. The Morgan fingerprint density at radius 1 is 1.30 bits per heavy atom. The average Bonchev–Trinajstić information content (AvgIpc) is 3.48. The number of likely N-dealkylation sites (tertiary alicyclic amines) is 1. The van der Waals surface area contributed by atoms with Crippen molar-refractivity contribution in [1.29, 1.82) is 0 Å². The van der Waals surface area contributed by atoms with E-state index in [-0.39, 0.29) is 30.2 Å². The zero-order chi connectivity index (χ0) is 23.8. The summed E-state index contributed by atoms with van der Waals surface area (Å²) in [4.78, 5) is 41.0. The number of carbonyl (C=O) groups excluding carboxylic acids is 2. The lowest BCUT2D eigenvalue weighted by Crippen LogP contribution is -2.48. The van der Waals surface area contributed by atoms with Crippen molar-refractivity contribution in [1.82, 2.24) is 15.1 Å². The number of benzene rings is 1. The summed E-state index contributed by atoms with van der Waals surface area (Å²) in [5.41, 5.74) is 6.48. The van der Waals surface area contributed by atoms with Crippen molar-refractivity contribution < 1.29 is 19.2 Å². The molecule has 3 N–H and O–H groups in total. The van der Waals surface area contributed by atoms with Crippen molar-refractivity contribution in [2.24, 2.45) is 5.73 Å². The second-order valence-electron chi connectivity index (χ2n) is 7.87. The minimum absolute atomic E-state index is 0.0393. The number of ether oxygens (including phenoxy) is 1. The van der Waals surface area contributed by atoms with Crippen molar-refractivity contribution in [2.45, 2.75) is 31.6 Å². The highest BCUT2D eigenvalue weighted by atomic mass is 32.1. The second-order valence-corrected chi connectivity index (χ2v) is 8.90. The van der Waals surface area contributed by atoms with Crippen molar-refractivity contribution in [2.75, 3.05) is 33.4 Å². The number of thiophene rings is 1. The molecule has 1 aliphatic heterocycles. The molecule has 0 aliphatic carbocycles. The van der Waals surface area contributed by atoms with Gasteiger partial charge in [0, 0.05) is 62.9 Å². The van der Waals surface area contributed by atoms with Gasteiger partial charge >= 0.3 is 0 Å². The Hall–Kier alpha value is -2.86. The summed E-state index contributed by atoms with van der Waals surface area (Å²) in [7, 11) is 1.45. The first kappa shape index (κ1) is 24.8. The molecule has 178 valence electrons. The largest absolute Gasteiger partial charge is 0.375 e. The van der Waals surface area contributed by atoms with Crippen molar-refractivity contribution in [3.05, 3.63) is 62.3 Å². The highest BCUT2D eigenvalue weighted by Crippen LogP contribution is 2.27. The van der Waals surface area contributed by atoms with E-state index in [1.54, 1.807) is 28.4 Å².